The number of nitrogens with zero attached hydrogens (tertiary/aromatic N) is 1. The number of nitrogens with one attached hydrogen (secondary N) is 1. The molecule has 134 valence electrons. The van der Waals surface area contributed by atoms with Gasteiger partial charge in [0.1, 0.15) is 5.75 Å². The largest absolute Gasteiger partial charge is 0.495 e. The van der Waals surface area contributed by atoms with E-state index in [4.69, 9.17) is 16.3 Å². The number of imide groups is 1. The third-order valence-electron chi connectivity index (χ3n) is 4.93. The van der Waals surface area contributed by atoms with Crippen LogP contribution in [0.25, 0.3) is 0 Å². The first kappa shape index (κ1) is 17.7. The molecule has 2 atom stereocenters. The van der Waals surface area contributed by atoms with Gasteiger partial charge in [-0.2, -0.15) is 0 Å². The van der Waals surface area contributed by atoms with Crippen molar-refractivity contribution in [1.82, 2.24) is 4.90 Å². The highest BCUT2D eigenvalue weighted by Gasteiger charge is 2.47. The highest BCUT2D eigenvalue weighted by atomic mass is 35.5. The summed E-state index contributed by atoms with van der Waals surface area (Å²) in [7, 11) is 1.50. The molecule has 1 aromatic carbocycles. The van der Waals surface area contributed by atoms with Crippen LogP contribution in [0, 0.1) is 11.8 Å². The van der Waals surface area contributed by atoms with E-state index in [0.29, 0.717) is 16.5 Å². The van der Waals surface area contributed by atoms with Crippen molar-refractivity contribution < 1.29 is 19.1 Å². The van der Waals surface area contributed by atoms with Gasteiger partial charge in [0, 0.05) is 18.0 Å². The fraction of sp³-hybridized carbons (Fsp3) is 0.500. The highest BCUT2D eigenvalue weighted by Crippen LogP contribution is 2.38. The molecule has 1 saturated carbocycles. The first-order chi connectivity index (χ1) is 12.0. The Kier molecular flexibility index (Phi) is 5.27. The maximum absolute atomic E-state index is 12.4. The normalized spacial score (nSPS) is 22.7. The van der Waals surface area contributed by atoms with Gasteiger partial charge in [-0.25, -0.2) is 0 Å². The van der Waals surface area contributed by atoms with Gasteiger partial charge in [-0.3, -0.25) is 19.3 Å². The molecule has 2 fully saturated rings. The van der Waals surface area contributed by atoms with Crippen LogP contribution in [0.4, 0.5) is 5.69 Å². The summed E-state index contributed by atoms with van der Waals surface area (Å²) in [5.41, 5.74) is 0.466. The molecule has 1 saturated heterocycles. The van der Waals surface area contributed by atoms with Gasteiger partial charge in [0.15, 0.2) is 0 Å². The van der Waals surface area contributed by atoms with E-state index in [1.54, 1.807) is 18.2 Å². The smallest absolute Gasteiger partial charge is 0.233 e. The molecule has 1 heterocycles. The molecule has 1 aliphatic carbocycles. The first-order valence-electron chi connectivity index (χ1n) is 8.50. The van der Waals surface area contributed by atoms with Gasteiger partial charge in [-0.15, -0.1) is 0 Å². The molecule has 3 rings (SSSR count). The Labute approximate surface area is 151 Å². The number of likely N-dealkylation sites (tertiary alicyclic amines) is 1. The number of carbonyl (C=O) groups excluding carboxylic acids is 3. The van der Waals surface area contributed by atoms with Crippen LogP contribution in [0.3, 0.4) is 0 Å². The minimum Gasteiger partial charge on any atom is -0.495 e. The molecule has 0 unspecified atom stereocenters. The van der Waals surface area contributed by atoms with Crippen molar-refractivity contribution in [2.45, 2.75) is 32.1 Å². The first-order valence-corrected chi connectivity index (χ1v) is 8.87. The Hall–Kier alpha value is -2.08. The van der Waals surface area contributed by atoms with E-state index >= 15 is 0 Å². The summed E-state index contributed by atoms with van der Waals surface area (Å²) in [6.45, 7) is 0.110. The number of hydrogen-bond acceptors (Lipinski definition) is 4. The lowest BCUT2D eigenvalue weighted by molar-refractivity contribution is -0.140. The minimum absolute atomic E-state index is 0.0482. The van der Waals surface area contributed by atoms with Crippen LogP contribution in [0.15, 0.2) is 18.2 Å². The lowest BCUT2D eigenvalue weighted by atomic mass is 9.81. The third-order valence-corrected chi connectivity index (χ3v) is 5.17. The molecule has 3 amide bonds. The van der Waals surface area contributed by atoms with Gasteiger partial charge >= 0.3 is 0 Å². The molecule has 1 N–H and O–H groups in total. The van der Waals surface area contributed by atoms with Crippen LogP contribution in [0.5, 0.6) is 5.75 Å². The second-order valence-electron chi connectivity index (χ2n) is 6.47. The average Bonchev–Trinajstić information content (AvgIpc) is 2.85. The number of anilines is 1. The van der Waals surface area contributed by atoms with Crippen LogP contribution in [0.1, 0.15) is 32.1 Å². The molecule has 0 spiro atoms. The van der Waals surface area contributed by atoms with Crippen molar-refractivity contribution >= 4 is 35.0 Å². The molecule has 6 nitrogen and oxygen atoms in total. The quantitative estimate of drug-likeness (QED) is 0.815. The van der Waals surface area contributed by atoms with E-state index in [2.05, 4.69) is 5.32 Å². The Bertz CT molecular complexity index is 682. The summed E-state index contributed by atoms with van der Waals surface area (Å²) >= 11 is 5.94. The zero-order valence-corrected chi connectivity index (χ0v) is 14.8. The number of halogens is 1. The van der Waals surface area contributed by atoms with Crippen LogP contribution in [-0.4, -0.2) is 36.3 Å². The van der Waals surface area contributed by atoms with Crippen LogP contribution < -0.4 is 10.1 Å². The summed E-state index contributed by atoms with van der Waals surface area (Å²) in [5.74, 6) is -0.409. The SMILES string of the molecule is COc1ccc(Cl)cc1NC(=O)CCN1C(=O)[C@H]2CCCC[C@H]2C1=O. The number of hydrogen-bond donors (Lipinski definition) is 1. The summed E-state index contributed by atoms with van der Waals surface area (Å²) in [6.07, 6.45) is 3.58. The second-order valence-corrected chi connectivity index (χ2v) is 6.90. The fourth-order valence-electron chi connectivity index (χ4n) is 3.66. The molecule has 1 aromatic rings. The van der Waals surface area contributed by atoms with Crippen molar-refractivity contribution in [3.05, 3.63) is 23.2 Å². The number of carbonyl (C=O) groups is 3. The van der Waals surface area contributed by atoms with Gasteiger partial charge in [-0.05, 0) is 31.0 Å². The number of benzene rings is 1. The van der Waals surface area contributed by atoms with Crippen molar-refractivity contribution in [3.63, 3.8) is 0 Å². The molecule has 7 heteroatoms. The number of methoxy groups -OCH3 is 1. The summed E-state index contributed by atoms with van der Waals surface area (Å²) in [5, 5.41) is 3.20. The van der Waals surface area contributed by atoms with E-state index in [9.17, 15) is 14.4 Å². The maximum Gasteiger partial charge on any atom is 0.233 e. The van der Waals surface area contributed by atoms with Gasteiger partial charge in [0.05, 0.1) is 24.6 Å². The number of rotatable bonds is 5. The minimum atomic E-state index is -0.295. The van der Waals surface area contributed by atoms with Crippen molar-refractivity contribution in [2.24, 2.45) is 11.8 Å². The number of amides is 3. The molecule has 25 heavy (non-hydrogen) atoms. The van der Waals surface area contributed by atoms with Gasteiger partial charge in [0.25, 0.3) is 0 Å². The Morgan fingerprint density at radius 1 is 1.24 bits per heavy atom. The second kappa shape index (κ2) is 7.44. The number of fused-ring (bicyclic) bond motifs is 1. The van der Waals surface area contributed by atoms with Gasteiger partial charge < -0.3 is 10.1 Å². The zero-order chi connectivity index (χ0) is 18.0. The highest BCUT2D eigenvalue weighted by molar-refractivity contribution is 6.31. The van der Waals surface area contributed by atoms with E-state index in [0.717, 1.165) is 25.7 Å². The standard InChI is InChI=1S/C18H21ClN2O4/c1-25-15-7-6-11(19)10-14(15)20-16(22)8-9-21-17(23)12-4-2-3-5-13(12)18(21)24/h6-7,10,12-13H,2-5,8-9H2,1H3,(H,20,22)/t12-,13+. The van der Waals surface area contributed by atoms with Crippen LogP contribution in [-0.2, 0) is 14.4 Å². The zero-order valence-electron chi connectivity index (χ0n) is 14.1. The Balaban J connectivity index is 1.60. The molecular formula is C18H21ClN2O4. The lowest BCUT2D eigenvalue weighted by Crippen LogP contribution is -2.34. The maximum atomic E-state index is 12.4. The monoisotopic (exact) mass is 364 g/mol. The van der Waals surface area contributed by atoms with E-state index in [1.807, 2.05) is 0 Å². The summed E-state index contributed by atoms with van der Waals surface area (Å²) in [4.78, 5) is 38.3. The van der Waals surface area contributed by atoms with E-state index in [-0.39, 0.29) is 42.5 Å². The Morgan fingerprint density at radius 2 is 1.88 bits per heavy atom. The molecule has 0 radical (unpaired) electrons. The summed E-state index contributed by atoms with van der Waals surface area (Å²) in [6, 6.07) is 4.93. The Morgan fingerprint density at radius 3 is 2.48 bits per heavy atom. The van der Waals surface area contributed by atoms with Crippen molar-refractivity contribution in [3.8, 4) is 5.75 Å². The predicted molar refractivity (Wildman–Crippen MR) is 93.4 cm³/mol. The van der Waals surface area contributed by atoms with E-state index in [1.165, 1.54) is 12.0 Å². The van der Waals surface area contributed by atoms with Crippen LogP contribution >= 0.6 is 11.6 Å². The average molecular weight is 365 g/mol. The molecule has 1 aliphatic heterocycles. The van der Waals surface area contributed by atoms with Gasteiger partial charge in [0.2, 0.25) is 17.7 Å². The van der Waals surface area contributed by atoms with Crippen LogP contribution in [0.2, 0.25) is 5.02 Å². The molecule has 0 aromatic heterocycles. The molecule has 0 bridgehead atoms. The molecular weight excluding hydrogens is 344 g/mol. The fourth-order valence-corrected chi connectivity index (χ4v) is 3.83. The number of ether oxygens (including phenoxy) is 1. The lowest BCUT2D eigenvalue weighted by Gasteiger charge is -2.19. The van der Waals surface area contributed by atoms with Crippen molar-refractivity contribution in [1.29, 1.82) is 0 Å². The molecule has 2 aliphatic rings. The topological polar surface area (TPSA) is 75.7 Å². The predicted octanol–water partition coefficient (Wildman–Crippen LogP) is 2.85. The third kappa shape index (κ3) is 3.63. The van der Waals surface area contributed by atoms with E-state index < -0.39 is 0 Å². The van der Waals surface area contributed by atoms with Gasteiger partial charge in [-0.1, -0.05) is 24.4 Å². The summed E-state index contributed by atoms with van der Waals surface area (Å²) < 4.78 is 5.19. The van der Waals surface area contributed by atoms with Crippen molar-refractivity contribution in [2.75, 3.05) is 19.0 Å².